The van der Waals surface area contributed by atoms with Crippen LogP contribution in [0.3, 0.4) is 0 Å². The van der Waals surface area contributed by atoms with Crippen LogP contribution in [-0.4, -0.2) is 71.6 Å². The number of amides is 1. The second-order valence-electron chi connectivity index (χ2n) is 12.2. The maximum Gasteiger partial charge on any atom is 0.459 e. The molecule has 2 aromatic heterocycles. The van der Waals surface area contributed by atoms with E-state index in [-0.39, 0.29) is 56.2 Å². The highest BCUT2D eigenvalue weighted by atomic mass is 32.1. The molecule has 13 nitrogen and oxygen atoms in total. The minimum atomic E-state index is -4.49. The monoisotopic (exact) mass is 725 g/mol. The van der Waals surface area contributed by atoms with E-state index in [0.29, 0.717) is 21.6 Å². The number of rotatable bonds is 8. The van der Waals surface area contributed by atoms with Crippen molar-refractivity contribution in [2.24, 2.45) is 0 Å². The Labute approximate surface area is 287 Å². The zero-order valence-electron chi connectivity index (χ0n) is 26.8. The van der Waals surface area contributed by atoms with Crippen LogP contribution < -0.4 is 20.0 Å². The SMILES string of the molecule is CCOP(=O)(NC1(C(=O)OC)CC1)Oc1c2n(ccc1=O)N(C1c3ccccc3-c3scnc3-c3c1ccc(F)c3F)C1COCCN1C2=O. The fourth-order valence-corrected chi connectivity index (χ4v) is 9.57. The summed E-state index contributed by atoms with van der Waals surface area (Å²) in [6.45, 7) is 1.77. The predicted octanol–water partition coefficient (Wildman–Crippen LogP) is 4.59. The number of thiazole rings is 1. The quantitative estimate of drug-likeness (QED) is 0.202. The largest absolute Gasteiger partial charge is 0.468 e. The molecule has 2 aromatic carbocycles. The van der Waals surface area contributed by atoms with E-state index in [1.165, 1.54) is 40.3 Å². The summed E-state index contributed by atoms with van der Waals surface area (Å²) in [7, 11) is -3.29. The van der Waals surface area contributed by atoms with Crippen molar-refractivity contribution in [3.63, 3.8) is 0 Å². The van der Waals surface area contributed by atoms with Gasteiger partial charge >= 0.3 is 13.7 Å². The van der Waals surface area contributed by atoms with Gasteiger partial charge in [-0.05, 0) is 42.5 Å². The van der Waals surface area contributed by atoms with Crippen molar-refractivity contribution in [2.75, 3.05) is 38.5 Å². The number of morpholine rings is 1. The van der Waals surface area contributed by atoms with E-state index in [1.54, 1.807) is 17.4 Å². The lowest BCUT2D eigenvalue weighted by Gasteiger charge is -2.51. The Hall–Kier alpha value is -4.47. The number of pyridine rings is 1. The van der Waals surface area contributed by atoms with Crippen LogP contribution in [0.1, 0.15) is 47.4 Å². The van der Waals surface area contributed by atoms with Crippen molar-refractivity contribution < 1.29 is 41.5 Å². The molecule has 50 heavy (non-hydrogen) atoms. The highest BCUT2D eigenvalue weighted by Crippen LogP contribution is 2.53. The van der Waals surface area contributed by atoms with Gasteiger partial charge in [0.2, 0.25) is 11.2 Å². The molecular weight excluding hydrogens is 695 g/mol. The van der Waals surface area contributed by atoms with Crippen molar-refractivity contribution in [3.05, 3.63) is 92.9 Å². The first-order valence-electron chi connectivity index (χ1n) is 15.9. The maximum absolute atomic E-state index is 16.0. The normalized spacial score (nSPS) is 21.1. The van der Waals surface area contributed by atoms with Crippen molar-refractivity contribution in [1.82, 2.24) is 19.6 Å². The molecule has 4 heterocycles. The first-order valence-corrected chi connectivity index (χ1v) is 18.3. The number of benzene rings is 2. The molecule has 0 radical (unpaired) electrons. The van der Waals surface area contributed by atoms with Gasteiger partial charge in [-0.2, -0.15) is 5.09 Å². The first-order chi connectivity index (χ1) is 24.1. The van der Waals surface area contributed by atoms with E-state index >= 15 is 4.39 Å². The van der Waals surface area contributed by atoms with Gasteiger partial charge in [-0.1, -0.05) is 30.3 Å². The smallest absolute Gasteiger partial charge is 0.459 e. The number of carbonyl (C=O) groups excluding carboxylic acids is 2. The van der Waals surface area contributed by atoms with Crippen LogP contribution in [0.2, 0.25) is 0 Å². The number of methoxy groups -OCH3 is 1. The Morgan fingerprint density at radius 3 is 2.72 bits per heavy atom. The first kappa shape index (κ1) is 32.7. The van der Waals surface area contributed by atoms with Gasteiger partial charge in [-0.3, -0.25) is 28.6 Å². The molecule has 1 amide bonds. The van der Waals surface area contributed by atoms with Crippen LogP contribution in [-0.2, 0) is 23.4 Å². The summed E-state index contributed by atoms with van der Waals surface area (Å²) in [5, 5.41) is 4.41. The van der Waals surface area contributed by atoms with Crippen LogP contribution in [0, 0.1) is 11.6 Å². The molecule has 0 spiro atoms. The van der Waals surface area contributed by atoms with Crippen molar-refractivity contribution in [2.45, 2.75) is 37.5 Å². The van der Waals surface area contributed by atoms with Gasteiger partial charge in [0.15, 0.2) is 17.3 Å². The molecule has 1 N–H and O–H groups in total. The van der Waals surface area contributed by atoms with Gasteiger partial charge in [0, 0.05) is 24.4 Å². The molecule has 3 unspecified atom stereocenters. The number of nitrogens with one attached hydrogen (secondary N) is 1. The lowest BCUT2D eigenvalue weighted by Crippen LogP contribution is -2.66. The number of carbonyl (C=O) groups is 2. The number of ether oxygens (including phenoxy) is 2. The lowest BCUT2D eigenvalue weighted by atomic mass is 9.92. The molecule has 4 aliphatic rings. The highest BCUT2D eigenvalue weighted by molar-refractivity contribution is 7.52. The molecule has 1 saturated heterocycles. The highest BCUT2D eigenvalue weighted by Gasteiger charge is 2.57. The van der Waals surface area contributed by atoms with Crippen LogP contribution in [0.15, 0.2) is 59.0 Å². The van der Waals surface area contributed by atoms with E-state index in [0.717, 1.165) is 12.1 Å². The topological polar surface area (TPSA) is 142 Å². The average Bonchev–Trinajstić information content (AvgIpc) is 3.76. The minimum absolute atomic E-state index is 0.0336. The number of halogens is 2. The van der Waals surface area contributed by atoms with E-state index < -0.39 is 60.2 Å². The van der Waals surface area contributed by atoms with Crippen LogP contribution >= 0.6 is 19.1 Å². The summed E-state index contributed by atoms with van der Waals surface area (Å²) in [5.74, 6) is -4.00. The fraction of sp³-hybridized carbons (Fsp3) is 0.333. The Kier molecular flexibility index (Phi) is 7.91. The van der Waals surface area contributed by atoms with Crippen LogP contribution in [0.4, 0.5) is 8.78 Å². The second-order valence-corrected chi connectivity index (χ2v) is 14.7. The third-order valence-corrected chi connectivity index (χ3v) is 11.9. The summed E-state index contributed by atoms with van der Waals surface area (Å²) in [5.41, 5.74) is 1.16. The molecule has 17 heteroatoms. The van der Waals surface area contributed by atoms with Crippen LogP contribution in [0.25, 0.3) is 21.7 Å². The Morgan fingerprint density at radius 1 is 1.16 bits per heavy atom. The molecule has 3 atom stereocenters. The van der Waals surface area contributed by atoms with E-state index in [1.807, 2.05) is 24.3 Å². The molecule has 0 bridgehead atoms. The van der Waals surface area contributed by atoms with Gasteiger partial charge < -0.3 is 18.9 Å². The zero-order chi connectivity index (χ0) is 34.9. The molecule has 4 aromatic rings. The number of aromatic nitrogens is 2. The van der Waals surface area contributed by atoms with Gasteiger partial charge in [-0.15, -0.1) is 11.3 Å². The van der Waals surface area contributed by atoms with E-state index in [2.05, 4.69) is 10.1 Å². The Bertz CT molecular complexity index is 2170. The zero-order valence-corrected chi connectivity index (χ0v) is 28.5. The molecule has 2 aliphatic carbocycles. The average molecular weight is 726 g/mol. The van der Waals surface area contributed by atoms with Gasteiger partial charge in [-0.25, -0.2) is 18.3 Å². The molecule has 260 valence electrons. The third kappa shape index (κ3) is 5.00. The summed E-state index contributed by atoms with van der Waals surface area (Å²) < 4.78 is 68.9. The van der Waals surface area contributed by atoms with Crippen LogP contribution in [0.5, 0.6) is 5.75 Å². The Morgan fingerprint density at radius 2 is 1.96 bits per heavy atom. The molecular formula is C33H30F2N5O8PS. The summed E-state index contributed by atoms with van der Waals surface area (Å²) in [6, 6.07) is 10.2. The van der Waals surface area contributed by atoms with Crippen molar-refractivity contribution in [3.8, 4) is 27.4 Å². The van der Waals surface area contributed by atoms with E-state index in [9.17, 15) is 23.3 Å². The predicted molar refractivity (Wildman–Crippen MR) is 176 cm³/mol. The maximum atomic E-state index is 16.0. The second kappa shape index (κ2) is 12.1. The van der Waals surface area contributed by atoms with Gasteiger partial charge in [0.1, 0.15) is 11.7 Å². The molecule has 2 aliphatic heterocycles. The van der Waals surface area contributed by atoms with Crippen molar-refractivity contribution >= 4 is 31.0 Å². The summed E-state index contributed by atoms with van der Waals surface area (Å²) in [4.78, 5) is 47.2. The number of hydrogen-bond donors (Lipinski definition) is 1. The van der Waals surface area contributed by atoms with Gasteiger partial charge in [0.25, 0.3) is 5.91 Å². The van der Waals surface area contributed by atoms with E-state index in [4.69, 9.17) is 18.5 Å². The van der Waals surface area contributed by atoms with Gasteiger partial charge in [0.05, 0.1) is 49.1 Å². The third-order valence-electron chi connectivity index (χ3n) is 9.33. The number of nitrogens with zero attached hydrogens (tertiary/aromatic N) is 4. The molecule has 8 rings (SSSR count). The molecule has 1 saturated carbocycles. The Balaban J connectivity index is 1.35. The fourth-order valence-electron chi connectivity index (χ4n) is 6.97. The minimum Gasteiger partial charge on any atom is -0.468 e. The lowest BCUT2D eigenvalue weighted by molar-refractivity contribution is -0.143. The molecule has 2 fully saturated rings. The van der Waals surface area contributed by atoms with Crippen molar-refractivity contribution in [1.29, 1.82) is 0 Å². The summed E-state index contributed by atoms with van der Waals surface area (Å²) in [6.07, 6.45) is 1.15. The number of fused-ring (bicyclic) bond motifs is 7. The summed E-state index contributed by atoms with van der Waals surface area (Å²) >= 11 is 1.28. The standard InChI is InChI=1S/C33H30F2N5O8PS/c1-3-47-49(44,37-33(11-12-33)32(43)45-2)48-29-22(41)10-13-39-28(29)31(42)38-14-15-46-16-23(38)40(39)27-18-6-4-5-7-19(18)30-26(36-17-50-30)24-20(27)8-9-21(34)25(24)35/h4-10,13,17,23,27H,3,11-12,14-16H2,1-2H3,(H,37,44). The number of esters is 1. The number of hydrogen-bond acceptors (Lipinski definition) is 11.